The number of phenols is 1. The molecule has 0 aromatic heterocycles. The molecular weight excluding hydrogens is 344 g/mol. The van der Waals surface area contributed by atoms with Crippen molar-refractivity contribution in [3.8, 4) is 17.2 Å². The van der Waals surface area contributed by atoms with Crippen molar-refractivity contribution < 1.29 is 14.6 Å². The van der Waals surface area contributed by atoms with Gasteiger partial charge in [0, 0.05) is 39.8 Å². The lowest BCUT2D eigenvalue weighted by molar-refractivity contribution is 0.174. The lowest BCUT2D eigenvalue weighted by atomic mass is 10.2. The number of anilines is 1. The summed E-state index contributed by atoms with van der Waals surface area (Å²) in [6, 6.07) is 13.4. The SMILES string of the molecule is CN=C(NCc1ccc2c(c1)OCO2)N1CCN(c2ccccc2O)CC1. The monoisotopic (exact) mass is 368 g/mol. The highest BCUT2D eigenvalue weighted by molar-refractivity contribution is 5.80. The third-order valence-electron chi connectivity index (χ3n) is 4.90. The Morgan fingerprint density at radius 2 is 1.85 bits per heavy atom. The van der Waals surface area contributed by atoms with Gasteiger partial charge in [-0.15, -0.1) is 0 Å². The van der Waals surface area contributed by atoms with Gasteiger partial charge in [-0.3, -0.25) is 4.99 Å². The summed E-state index contributed by atoms with van der Waals surface area (Å²) in [7, 11) is 1.80. The zero-order valence-electron chi connectivity index (χ0n) is 15.4. The largest absolute Gasteiger partial charge is 0.506 e. The molecular formula is C20H24N4O3. The van der Waals surface area contributed by atoms with Gasteiger partial charge in [-0.2, -0.15) is 0 Å². The number of hydrogen-bond acceptors (Lipinski definition) is 5. The molecule has 27 heavy (non-hydrogen) atoms. The van der Waals surface area contributed by atoms with Gasteiger partial charge in [-0.25, -0.2) is 0 Å². The van der Waals surface area contributed by atoms with Crippen molar-refractivity contribution in [2.45, 2.75) is 6.54 Å². The Kier molecular flexibility index (Phi) is 4.91. The molecule has 7 nitrogen and oxygen atoms in total. The van der Waals surface area contributed by atoms with Crippen molar-refractivity contribution in [3.05, 3.63) is 48.0 Å². The van der Waals surface area contributed by atoms with Crippen molar-refractivity contribution in [2.24, 2.45) is 4.99 Å². The number of rotatable bonds is 3. The average molecular weight is 368 g/mol. The molecule has 2 heterocycles. The summed E-state index contributed by atoms with van der Waals surface area (Å²) in [6.45, 7) is 4.31. The van der Waals surface area contributed by atoms with Gasteiger partial charge < -0.3 is 29.7 Å². The fourth-order valence-corrected chi connectivity index (χ4v) is 3.46. The smallest absolute Gasteiger partial charge is 0.231 e. The number of phenolic OH excluding ortho intramolecular Hbond substituents is 1. The molecule has 2 N–H and O–H groups in total. The lowest BCUT2D eigenvalue weighted by Gasteiger charge is -2.37. The zero-order valence-corrected chi connectivity index (χ0v) is 15.4. The van der Waals surface area contributed by atoms with Crippen LogP contribution in [0.4, 0.5) is 5.69 Å². The fraction of sp³-hybridized carbons (Fsp3) is 0.350. The Labute approximate surface area is 158 Å². The first-order valence-corrected chi connectivity index (χ1v) is 9.11. The van der Waals surface area contributed by atoms with Crippen molar-refractivity contribution in [1.82, 2.24) is 10.2 Å². The summed E-state index contributed by atoms with van der Waals surface area (Å²) in [6.07, 6.45) is 0. The number of ether oxygens (including phenoxy) is 2. The predicted molar refractivity (Wildman–Crippen MR) is 105 cm³/mol. The first kappa shape index (κ1) is 17.3. The van der Waals surface area contributed by atoms with Crippen molar-refractivity contribution >= 4 is 11.6 Å². The molecule has 0 aliphatic carbocycles. The summed E-state index contributed by atoms with van der Waals surface area (Å²) in [4.78, 5) is 8.87. The first-order chi connectivity index (χ1) is 13.2. The number of fused-ring (bicyclic) bond motifs is 1. The van der Waals surface area contributed by atoms with Crippen molar-refractivity contribution in [2.75, 3.05) is 44.9 Å². The van der Waals surface area contributed by atoms with E-state index in [-0.39, 0.29) is 6.79 Å². The molecule has 0 spiro atoms. The van der Waals surface area contributed by atoms with Gasteiger partial charge in [0.05, 0.1) is 5.69 Å². The Hall–Kier alpha value is -3.09. The molecule has 0 unspecified atom stereocenters. The molecule has 2 aromatic rings. The van der Waals surface area contributed by atoms with E-state index in [2.05, 4.69) is 20.1 Å². The topological polar surface area (TPSA) is 69.6 Å². The van der Waals surface area contributed by atoms with Crippen LogP contribution in [0.1, 0.15) is 5.56 Å². The van der Waals surface area contributed by atoms with Gasteiger partial charge in [-0.05, 0) is 29.8 Å². The summed E-state index contributed by atoms with van der Waals surface area (Å²) in [5, 5.41) is 13.5. The third-order valence-corrected chi connectivity index (χ3v) is 4.90. The molecule has 0 bridgehead atoms. The van der Waals surface area contributed by atoms with Crippen LogP contribution in [0.25, 0.3) is 0 Å². The van der Waals surface area contributed by atoms with Crippen LogP contribution in [-0.2, 0) is 6.54 Å². The second-order valence-electron chi connectivity index (χ2n) is 6.55. The summed E-state index contributed by atoms with van der Waals surface area (Å²) in [5.41, 5.74) is 2.01. The maximum Gasteiger partial charge on any atom is 0.231 e. The molecule has 0 atom stereocenters. The van der Waals surface area contributed by atoms with Crippen molar-refractivity contribution in [3.63, 3.8) is 0 Å². The Morgan fingerprint density at radius 1 is 1.07 bits per heavy atom. The average Bonchev–Trinajstić information content (AvgIpc) is 3.17. The molecule has 2 aromatic carbocycles. The number of aliphatic imine (C=N–C) groups is 1. The van der Waals surface area contributed by atoms with E-state index in [4.69, 9.17) is 9.47 Å². The van der Waals surface area contributed by atoms with Crippen LogP contribution in [0.15, 0.2) is 47.5 Å². The Morgan fingerprint density at radius 3 is 2.63 bits per heavy atom. The molecule has 1 fully saturated rings. The standard InChI is InChI=1S/C20H24N4O3/c1-21-20(22-13-15-6-7-18-19(12-15)27-14-26-18)24-10-8-23(9-11-24)16-4-2-3-5-17(16)25/h2-7,12,25H,8-11,13-14H2,1H3,(H,21,22). The number of nitrogens with zero attached hydrogens (tertiary/aromatic N) is 3. The highest BCUT2D eigenvalue weighted by Gasteiger charge is 2.21. The first-order valence-electron chi connectivity index (χ1n) is 9.11. The number of nitrogens with one attached hydrogen (secondary N) is 1. The number of hydrogen-bond donors (Lipinski definition) is 2. The fourth-order valence-electron chi connectivity index (χ4n) is 3.46. The third kappa shape index (κ3) is 3.72. The normalized spacial score (nSPS) is 16.6. The molecule has 7 heteroatoms. The quantitative estimate of drug-likeness (QED) is 0.638. The highest BCUT2D eigenvalue weighted by Crippen LogP contribution is 2.32. The molecule has 0 radical (unpaired) electrons. The molecule has 142 valence electrons. The summed E-state index contributed by atoms with van der Waals surface area (Å²) in [5.74, 6) is 2.80. The number of guanidine groups is 1. The van der Waals surface area contributed by atoms with Gasteiger partial charge in [0.2, 0.25) is 6.79 Å². The van der Waals surface area contributed by atoms with E-state index in [0.717, 1.165) is 54.9 Å². The van der Waals surface area contributed by atoms with Crippen LogP contribution >= 0.6 is 0 Å². The molecule has 0 saturated carbocycles. The Balaban J connectivity index is 1.33. The Bertz CT molecular complexity index is 832. The van der Waals surface area contributed by atoms with Crippen LogP contribution in [0.5, 0.6) is 17.2 Å². The molecule has 0 amide bonds. The zero-order chi connectivity index (χ0) is 18.6. The minimum Gasteiger partial charge on any atom is -0.506 e. The van der Waals surface area contributed by atoms with Crippen LogP contribution in [-0.4, -0.2) is 56.0 Å². The van der Waals surface area contributed by atoms with Crippen LogP contribution < -0.4 is 19.7 Å². The number of piperazine rings is 1. The van der Waals surface area contributed by atoms with Gasteiger partial charge in [0.15, 0.2) is 17.5 Å². The maximum atomic E-state index is 10.1. The molecule has 2 aliphatic heterocycles. The maximum absolute atomic E-state index is 10.1. The highest BCUT2D eigenvalue weighted by atomic mass is 16.7. The van der Waals surface area contributed by atoms with E-state index in [1.807, 2.05) is 36.4 Å². The summed E-state index contributed by atoms with van der Waals surface area (Å²) >= 11 is 0. The van der Waals surface area contributed by atoms with Crippen molar-refractivity contribution in [1.29, 1.82) is 0 Å². The van der Waals surface area contributed by atoms with E-state index in [1.165, 1.54) is 0 Å². The van der Waals surface area contributed by atoms with E-state index in [1.54, 1.807) is 13.1 Å². The van der Waals surface area contributed by atoms with E-state index >= 15 is 0 Å². The van der Waals surface area contributed by atoms with Gasteiger partial charge in [0.1, 0.15) is 5.75 Å². The van der Waals surface area contributed by atoms with Crippen LogP contribution in [0.3, 0.4) is 0 Å². The van der Waals surface area contributed by atoms with E-state index < -0.39 is 0 Å². The van der Waals surface area contributed by atoms with Crippen LogP contribution in [0, 0.1) is 0 Å². The minimum atomic E-state index is 0.287. The molecule has 4 rings (SSSR count). The van der Waals surface area contributed by atoms with Gasteiger partial charge >= 0.3 is 0 Å². The summed E-state index contributed by atoms with van der Waals surface area (Å²) < 4.78 is 10.8. The number of para-hydroxylation sites is 2. The minimum absolute atomic E-state index is 0.287. The van der Waals surface area contributed by atoms with Gasteiger partial charge in [-0.1, -0.05) is 18.2 Å². The van der Waals surface area contributed by atoms with E-state index in [0.29, 0.717) is 12.3 Å². The number of benzene rings is 2. The predicted octanol–water partition coefficient (Wildman–Crippen LogP) is 2.02. The lowest BCUT2D eigenvalue weighted by Crippen LogP contribution is -2.52. The molecule has 2 aliphatic rings. The second kappa shape index (κ2) is 7.65. The van der Waals surface area contributed by atoms with E-state index in [9.17, 15) is 5.11 Å². The number of aromatic hydroxyl groups is 1. The van der Waals surface area contributed by atoms with Crippen LogP contribution in [0.2, 0.25) is 0 Å². The second-order valence-corrected chi connectivity index (χ2v) is 6.55. The van der Waals surface area contributed by atoms with Gasteiger partial charge in [0.25, 0.3) is 0 Å². The molecule has 1 saturated heterocycles.